The molecule has 2 aromatic rings. The molecule has 3 nitrogen and oxygen atoms in total. The van der Waals surface area contributed by atoms with E-state index in [1.54, 1.807) is 7.11 Å². The van der Waals surface area contributed by atoms with Gasteiger partial charge < -0.3 is 14.4 Å². The van der Waals surface area contributed by atoms with E-state index in [1.165, 1.54) is 54.6 Å². The second-order valence-corrected chi connectivity index (χ2v) is 6.73. The minimum atomic E-state index is 0. The molecule has 2 aliphatic rings. The van der Waals surface area contributed by atoms with Crippen molar-refractivity contribution in [3.05, 3.63) is 47.5 Å². The summed E-state index contributed by atoms with van der Waals surface area (Å²) < 4.78 is 11.6. The molecular weight excluding hydrogens is 334 g/mol. The van der Waals surface area contributed by atoms with Gasteiger partial charge in [-0.2, -0.15) is 0 Å². The minimum absolute atomic E-state index is 0. The molecule has 0 spiro atoms. The number of hydrogen-bond acceptors (Lipinski definition) is 3. The predicted octanol–water partition coefficient (Wildman–Crippen LogP) is 4.70. The lowest BCUT2D eigenvalue weighted by Gasteiger charge is -2.28. The smallest absolute Gasteiger partial charge is 0.169 e. The quantitative estimate of drug-likeness (QED) is 0.789. The minimum Gasteiger partial charge on any atom is -0.493 e. The summed E-state index contributed by atoms with van der Waals surface area (Å²) in [6.07, 6.45) is 5.12. The summed E-state index contributed by atoms with van der Waals surface area (Å²) in [5.74, 6) is 1.74. The van der Waals surface area contributed by atoms with Crippen molar-refractivity contribution in [3.8, 4) is 22.6 Å². The number of rotatable bonds is 4. The molecule has 0 aromatic heterocycles. The maximum absolute atomic E-state index is 6.07. The van der Waals surface area contributed by atoms with E-state index < -0.39 is 0 Å². The molecule has 0 atom stereocenters. The van der Waals surface area contributed by atoms with Gasteiger partial charge in [0.05, 0.1) is 7.11 Å². The van der Waals surface area contributed by atoms with Gasteiger partial charge in [0.2, 0.25) is 0 Å². The molecule has 2 heterocycles. The summed E-state index contributed by atoms with van der Waals surface area (Å²) >= 11 is 0. The lowest BCUT2D eigenvalue weighted by Crippen LogP contribution is -2.31. The van der Waals surface area contributed by atoms with Crippen molar-refractivity contribution in [2.45, 2.75) is 32.3 Å². The molecule has 0 radical (unpaired) electrons. The fraction of sp³-hybridized carbons (Fsp3) is 0.429. The summed E-state index contributed by atoms with van der Waals surface area (Å²) in [5.41, 5.74) is 5.15. The van der Waals surface area contributed by atoms with Crippen LogP contribution in [-0.2, 0) is 13.0 Å². The summed E-state index contributed by atoms with van der Waals surface area (Å²) in [4.78, 5) is 2.59. The van der Waals surface area contributed by atoms with Gasteiger partial charge in [-0.15, -0.1) is 12.4 Å². The van der Waals surface area contributed by atoms with Crippen molar-refractivity contribution in [1.82, 2.24) is 4.90 Å². The first-order valence-corrected chi connectivity index (χ1v) is 9.00. The largest absolute Gasteiger partial charge is 0.493 e. The molecule has 0 bridgehead atoms. The molecule has 4 heteroatoms. The van der Waals surface area contributed by atoms with Crippen LogP contribution in [0, 0.1) is 0 Å². The third-order valence-corrected chi connectivity index (χ3v) is 5.23. The van der Waals surface area contributed by atoms with E-state index in [-0.39, 0.29) is 12.4 Å². The fourth-order valence-corrected chi connectivity index (χ4v) is 3.91. The Balaban J connectivity index is 0.00000182. The van der Waals surface area contributed by atoms with Gasteiger partial charge in [0.15, 0.2) is 11.5 Å². The second-order valence-electron chi connectivity index (χ2n) is 6.73. The monoisotopic (exact) mass is 359 g/mol. The van der Waals surface area contributed by atoms with Crippen LogP contribution in [0.4, 0.5) is 0 Å². The number of piperidine rings is 1. The topological polar surface area (TPSA) is 21.7 Å². The number of fused-ring (bicyclic) bond motifs is 3. The van der Waals surface area contributed by atoms with Crippen molar-refractivity contribution < 1.29 is 9.47 Å². The Hall–Kier alpha value is -1.71. The third kappa shape index (κ3) is 3.63. The Bertz CT molecular complexity index is 726. The maximum atomic E-state index is 6.07. The van der Waals surface area contributed by atoms with Gasteiger partial charge in [-0.1, -0.05) is 36.8 Å². The average molecular weight is 360 g/mol. The first-order chi connectivity index (χ1) is 11.9. The molecule has 2 aromatic carbocycles. The van der Waals surface area contributed by atoms with Gasteiger partial charge in [-0.25, -0.2) is 0 Å². The number of hydrogen-bond donors (Lipinski definition) is 0. The van der Waals surface area contributed by atoms with Crippen LogP contribution in [0.25, 0.3) is 11.1 Å². The number of halogens is 1. The summed E-state index contributed by atoms with van der Waals surface area (Å²) in [5, 5.41) is 0. The first-order valence-electron chi connectivity index (χ1n) is 9.00. The van der Waals surface area contributed by atoms with Crippen LogP contribution in [0.15, 0.2) is 36.4 Å². The highest BCUT2D eigenvalue weighted by atomic mass is 35.5. The van der Waals surface area contributed by atoms with Crippen molar-refractivity contribution in [2.24, 2.45) is 0 Å². The summed E-state index contributed by atoms with van der Waals surface area (Å²) in [6, 6.07) is 12.8. The zero-order valence-electron chi connectivity index (χ0n) is 14.8. The van der Waals surface area contributed by atoms with E-state index in [9.17, 15) is 0 Å². The SMILES string of the molecule is COc1ccc(CCN2CCCCC2)c2c1OCc1ccccc1-2.Cl. The van der Waals surface area contributed by atoms with Crippen molar-refractivity contribution in [2.75, 3.05) is 26.7 Å². The molecule has 2 aliphatic heterocycles. The number of methoxy groups -OCH3 is 1. The molecule has 0 unspecified atom stereocenters. The Labute approximate surface area is 156 Å². The van der Waals surface area contributed by atoms with Crippen LogP contribution in [0.1, 0.15) is 30.4 Å². The number of nitrogens with zero attached hydrogens (tertiary/aromatic N) is 1. The fourth-order valence-electron chi connectivity index (χ4n) is 3.91. The zero-order chi connectivity index (χ0) is 16.4. The van der Waals surface area contributed by atoms with Crippen LogP contribution in [0.3, 0.4) is 0 Å². The van der Waals surface area contributed by atoms with E-state index in [0.29, 0.717) is 6.61 Å². The molecular formula is C21H26ClNO2. The van der Waals surface area contributed by atoms with Gasteiger partial charge in [0.1, 0.15) is 6.61 Å². The number of ether oxygens (including phenoxy) is 2. The van der Waals surface area contributed by atoms with Crippen molar-refractivity contribution in [3.63, 3.8) is 0 Å². The molecule has 0 amide bonds. The Morgan fingerprint density at radius 1 is 1.04 bits per heavy atom. The van der Waals surface area contributed by atoms with Gasteiger partial charge in [-0.3, -0.25) is 0 Å². The van der Waals surface area contributed by atoms with E-state index in [0.717, 1.165) is 24.5 Å². The molecule has 0 saturated carbocycles. The Morgan fingerprint density at radius 2 is 1.84 bits per heavy atom. The highest BCUT2D eigenvalue weighted by Crippen LogP contribution is 2.45. The molecule has 1 saturated heterocycles. The molecule has 4 rings (SSSR count). The molecule has 25 heavy (non-hydrogen) atoms. The van der Waals surface area contributed by atoms with Crippen LogP contribution in [0.5, 0.6) is 11.5 Å². The zero-order valence-corrected chi connectivity index (χ0v) is 15.6. The van der Waals surface area contributed by atoms with Crippen molar-refractivity contribution in [1.29, 1.82) is 0 Å². The normalized spacial score (nSPS) is 16.2. The predicted molar refractivity (Wildman–Crippen MR) is 104 cm³/mol. The van der Waals surface area contributed by atoms with Gasteiger partial charge in [0, 0.05) is 12.1 Å². The van der Waals surface area contributed by atoms with Crippen LogP contribution in [0.2, 0.25) is 0 Å². The highest BCUT2D eigenvalue weighted by molar-refractivity contribution is 5.85. The standard InChI is InChI=1S/C21H25NO2.ClH/c1-23-19-10-9-16(11-14-22-12-5-2-6-13-22)20-18-8-4-3-7-17(18)15-24-21(19)20;/h3-4,7-10H,2,5-6,11-15H2,1H3;1H. The van der Waals surface area contributed by atoms with Crippen molar-refractivity contribution >= 4 is 12.4 Å². The molecule has 1 fully saturated rings. The van der Waals surface area contributed by atoms with Gasteiger partial charge in [-0.05, 0) is 55.1 Å². The van der Waals surface area contributed by atoms with E-state index in [1.807, 2.05) is 0 Å². The average Bonchev–Trinajstić information content (AvgIpc) is 2.66. The molecule has 134 valence electrons. The highest BCUT2D eigenvalue weighted by Gasteiger charge is 2.24. The van der Waals surface area contributed by atoms with Crippen LogP contribution < -0.4 is 9.47 Å². The van der Waals surface area contributed by atoms with Gasteiger partial charge in [0.25, 0.3) is 0 Å². The van der Waals surface area contributed by atoms with Gasteiger partial charge >= 0.3 is 0 Å². The lowest BCUT2D eigenvalue weighted by atomic mass is 9.91. The van der Waals surface area contributed by atoms with E-state index in [2.05, 4.69) is 41.3 Å². The maximum Gasteiger partial charge on any atom is 0.169 e. The summed E-state index contributed by atoms with van der Waals surface area (Å²) in [6.45, 7) is 4.23. The first kappa shape index (κ1) is 18.1. The van der Waals surface area contributed by atoms with Crippen LogP contribution in [-0.4, -0.2) is 31.6 Å². The Kier molecular flexibility index (Phi) is 5.87. The van der Waals surface area contributed by atoms with Crippen LogP contribution >= 0.6 is 12.4 Å². The number of likely N-dealkylation sites (tertiary alicyclic amines) is 1. The third-order valence-electron chi connectivity index (χ3n) is 5.23. The number of benzene rings is 2. The molecule has 0 N–H and O–H groups in total. The molecule has 0 aliphatic carbocycles. The lowest BCUT2D eigenvalue weighted by molar-refractivity contribution is 0.231. The Morgan fingerprint density at radius 3 is 2.64 bits per heavy atom. The van der Waals surface area contributed by atoms with E-state index >= 15 is 0 Å². The van der Waals surface area contributed by atoms with E-state index in [4.69, 9.17) is 9.47 Å². The second kappa shape index (κ2) is 8.11. The summed E-state index contributed by atoms with van der Waals surface area (Å²) in [7, 11) is 1.72.